The third kappa shape index (κ3) is 4.53. The Labute approximate surface area is 180 Å². The third-order valence-corrected chi connectivity index (χ3v) is 5.54. The monoisotopic (exact) mass is 447 g/mol. The second kappa shape index (κ2) is 8.62. The van der Waals surface area contributed by atoms with Gasteiger partial charge in [0.15, 0.2) is 0 Å². The summed E-state index contributed by atoms with van der Waals surface area (Å²) in [5.41, 5.74) is 2.05. The van der Waals surface area contributed by atoms with E-state index < -0.39 is 30.5 Å². The summed E-state index contributed by atoms with van der Waals surface area (Å²) in [5.74, 6) is -0.298. The quantitative estimate of drug-likeness (QED) is 0.436. The molecule has 2 aromatic carbocycles. The number of para-hydroxylation sites is 4. The lowest BCUT2D eigenvalue weighted by Crippen LogP contribution is -2.33. The van der Waals surface area contributed by atoms with Gasteiger partial charge in [0.2, 0.25) is 11.7 Å². The van der Waals surface area contributed by atoms with Gasteiger partial charge in [-0.05, 0) is 42.7 Å². The van der Waals surface area contributed by atoms with Crippen LogP contribution in [0.1, 0.15) is 24.1 Å². The smallest absolute Gasteiger partial charge is 0.345 e. The number of aromatic amines is 1. The summed E-state index contributed by atoms with van der Waals surface area (Å²) >= 11 is 1.61. The molecular weight excluding hydrogens is 427 g/mol. The number of nitrogens with zero attached hydrogens (tertiary/aromatic N) is 3. The zero-order valence-electron chi connectivity index (χ0n) is 16.6. The molecule has 4 aromatic rings. The molecule has 162 valence electrons. The van der Waals surface area contributed by atoms with Crippen molar-refractivity contribution in [2.24, 2.45) is 0 Å². The second-order valence-electron chi connectivity index (χ2n) is 7.05. The predicted molar refractivity (Wildman–Crippen MR) is 115 cm³/mol. The van der Waals surface area contributed by atoms with E-state index in [0.29, 0.717) is 12.2 Å². The Morgan fingerprint density at radius 3 is 2.55 bits per heavy atom. The topological polar surface area (TPSA) is 75.6 Å². The number of carbonyl (C=O) groups excluding carboxylic acids is 1. The molecule has 0 fully saturated rings. The van der Waals surface area contributed by atoms with Gasteiger partial charge in [0, 0.05) is 0 Å². The Kier molecular flexibility index (Phi) is 5.90. The van der Waals surface area contributed by atoms with Gasteiger partial charge in [-0.2, -0.15) is 24.9 Å². The average molecular weight is 447 g/mol. The van der Waals surface area contributed by atoms with Gasteiger partial charge >= 0.3 is 6.18 Å². The van der Waals surface area contributed by atoms with Gasteiger partial charge in [-0.3, -0.25) is 4.79 Å². The van der Waals surface area contributed by atoms with Crippen molar-refractivity contribution in [2.75, 3.05) is 12.0 Å². The molecule has 2 heterocycles. The van der Waals surface area contributed by atoms with Gasteiger partial charge < -0.3 is 14.9 Å². The van der Waals surface area contributed by atoms with Gasteiger partial charge in [0.25, 0.3) is 0 Å². The Balaban J connectivity index is 1.61. The van der Waals surface area contributed by atoms with Crippen LogP contribution in [0.2, 0.25) is 0 Å². The fraction of sp³-hybridized carbons (Fsp3) is 0.286. The molecule has 0 aliphatic carbocycles. The number of halogens is 3. The first kappa shape index (κ1) is 21.2. The predicted octanol–water partition coefficient (Wildman–Crippen LogP) is 4.54. The molecule has 0 saturated heterocycles. The maximum absolute atomic E-state index is 13.5. The standard InChI is InChI=1S/C21H20F3N5OS/c1-31-11-10-16(19-26-13-6-2-3-7-14(13)27-19)25-18(30)12-29-17-9-5-4-8-15(17)28-20(29)21(22,23)24/h2-9,16H,10-12H2,1H3,(H,25,30)(H,26,27)/t16-/m1/s1. The van der Waals surface area contributed by atoms with Crippen LogP contribution in [-0.4, -0.2) is 37.4 Å². The number of carbonyl (C=O) groups is 1. The molecule has 2 aromatic heterocycles. The highest BCUT2D eigenvalue weighted by Crippen LogP contribution is 2.31. The number of benzene rings is 2. The van der Waals surface area contributed by atoms with Crippen molar-refractivity contribution < 1.29 is 18.0 Å². The lowest BCUT2D eigenvalue weighted by Gasteiger charge is -2.18. The number of amides is 1. The number of hydrogen-bond acceptors (Lipinski definition) is 4. The molecule has 1 atom stereocenters. The van der Waals surface area contributed by atoms with Crippen LogP contribution in [0.4, 0.5) is 13.2 Å². The van der Waals surface area contributed by atoms with Crippen LogP contribution in [-0.2, 0) is 17.5 Å². The van der Waals surface area contributed by atoms with Crippen molar-refractivity contribution in [1.82, 2.24) is 24.8 Å². The van der Waals surface area contributed by atoms with E-state index in [1.165, 1.54) is 12.1 Å². The summed E-state index contributed by atoms with van der Waals surface area (Å²) in [4.78, 5) is 24.3. The zero-order chi connectivity index (χ0) is 22.0. The van der Waals surface area contributed by atoms with Crippen molar-refractivity contribution in [2.45, 2.75) is 25.2 Å². The highest BCUT2D eigenvalue weighted by molar-refractivity contribution is 7.98. The minimum Gasteiger partial charge on any atom is -0.345 e. The van der Waals surface area contributed by atoms with Crippen LogP contribution in [0, 0.1) is 0 Å². The van der Waals surface area contributed by atoms with Crippen molar-refractivity contribution in [3.05, 3.63) is 60.2 Å². The Morgan fingerprint density at radius 2 is 1.84 bits per heavy atom. The molecule has 2 N–H and O–H groups in total. The van der Waals surface area contributed by atoms with Crippen LogP contribution < -0.4 is 5.32 Å². The number of nitrogens with one attached hydrogen (secondary N) is 2. The van der Waals surface area contributed by atoms with Crippen molar-refractivity contribution in [1.29, 1.82) is 0 Å². The average Bonchev–Trinajstić information content (AvgIpc) is 3.33. The lowest BCUT2D eigenvalue weighted by molar-refractivity contribution is -0.147. The molecule has 0 aliphatic rings. The number of fused-ring (bicyclic) bond motifs is 2. The van der Waals surface area contributed by atoms with Gasteiger partial charge in [0.1, 0.15) is 12.4 Å². The van der Waals surface area contributed by atoms with Gasteiger partial charge in [0.05, 0.1) is 28.1 Å². The number of hydrogen-bond donors (Lipinski definition) is 2. The van der Waals surface area contributed by atoms with E-state index in [0.717, 1.165) is 21.4 Å². The molecule has 31 heavy (non-hydrogen) atoms. The summed E-state index contributed by atoms with van der Waals surface area (Å²) in [6, 6.07) is 13.3. The molecule has 10 heteroatoms. The maximum atomic E-state index is 13.5. The number of imidazole rings is 2. The largest absolute Gasteiger partial charge is 0.449 e. The molecule has 0 bridgehead atoms. The SMILES string of the molecule is CSCC[C@@H](NC(=O)Cn1c(C(F)(F)F)nc2ccccc21)c1nc2ccccc2[nH]1. The summed E-state index contributed by atoms with van der Waals surface area (Å²) in [6.07, 6.45) is -2.13. The Bertz CT molecular complexity index is 1180. The van der Waals surface area contributed by atoms with Crippen LogP contribution in [0.25, 0.3) is 22.1 Å². The van der Waals surface area contributed by atoms with E-state index in [1.807, 2.05) is 30.5 Å². The number of alkyl halides is 3. The Hall–Kier alpha value is -3.01. The lowest BCUT2D eigenvalue weighted by atomic mass is 10.2. The van der Waals surface area contributed by atoms with E-state index in [1.54, 1.807) is 23.9 Å². The van der Waals surface area contributed by atoms with E-state index in [9.17, 15) is 18.0 Å². The highest BCUT2D eigenvalue weighted by atomic mass is 32.2. The molecule has 0 radical (unpaired) electrons. The summed E-state index contributed by atoms with van der Waals surface area (Å²) in [6.45, 7) is -0.495. The maximum Gasteiger partial charge on any atom is 0.449 e. The normalized spacial score (nSPS) is 13.0. The van der Waals surface area contributed by atoms with Crippen LogP contribution >= 0.6 is 11.8 Å². The van der Waals surface area contributed by atoms with Crippen LogP contribution in [0.5, 0.6) is 0 Å². The molecule has 0 saturated carbocycles. The molecule has 0 unspecified atom stereocenters. The summed E-state index contributed by atoms with van der Waals surface area (Å²) in [7, 11) is 0. The third-order valence-electron chi connectivity index (χ3n) is 4.89. The number of aromatic nitrogens is 4. The summed E-state index contributed by atoms with van der Waals surface area (Å²) < 4.78 is 41.5. The van der Waals surface area contributed by atoms with Gasteiger partial charge in [-0.15, -0.1) is 0 Å². The van der Waals surface area contributed by atoms with Gasteiger partial charge in [-0.1, -0.05) is 24.3 Å². The molecule has 1 amide bonds. The number of H-pyrrole nitrogens is 1. The zero-order valence-corrected chi connectivity index (χ0v) is 17.4. The van der Waals surface area contributed by atoms with E-state index in [2.05, 4.69) is 20.3 Å². The van der Waals surface area contributed by atoms with Gasteiger partial charge in [-0.25, -0.2) is 9.97 Å². The fourth-order valence-corrected chi connectivity index (χ4v) is 3.96. The highest BCUT2D eigenvalue weighted by Gasteiger charge is 2.38. The van der Waals surface area contributed by atoms with E-state index in [-0.39, 0.29) is 11.0 Å². The minimum atomic E-state index is -4.67. The van der Waals surface area contributed by atoms with Crippen molar-refractivity contribution in [3.63, 3.8) is 0 Å². The number of rotatable bonds is 7. The van der Waals surface area contributed by atoms with Crippen LogP contribution in [0.15, 0.2) is 48.5 Å². The summed E-state index contributed by atoms with van der Waals surface area (Å²) in [5, 5.41) is 2.85. The van der Waals surface area contributed by atoms with Crippen molar-refractivity contribution >= 4 is 39.7 Å². The molecular formula is C21H20F3N5OS. The Morgan fingerprint density at radius 1 is 1.13 bits per heavy atom. The molecule has 0 aliphatic heterocycles. The van der Waals surface area contributed by atoms with Crippen LogP contribution in [0.3, 0.4) is 0 Å². The second-order valence-corrected chi connectivity index (χ2v) is 8.03. The fourth-order valence-electron chi connectivity index (χ4n) is 3.49. The number of thioether (sulfide) groups is 1. The minimum absolute atomic E-state index is 0.193. The first-order valence-electron chi connectivity index (χ1n) is 9.62. The first-order chi connectivity index (χ1) is 14.9. The van der Waals surface area contributed by atoms with Crippen molar-refractivity contribution in [3.8, 4) is 0 Å². The molecule has 6 nitrogen and oxygen atoms in total. The van der Waals surface area contributed by atoms with E-state index in [4.69, 9.17) is 0 Å². The first-order valence-corrected chi connectivity index (χ1v) is 11.0. The molecule has 0 spiro atoms. The molecule has 4 rings (SSSR count). The van der Waals surface area contributed by atoms with E-state index >= 15 is 0 Å².